The van der Waals surface area contributed by atoms with Gasteiger partial charge < -0.3 is 10.8 Å². The zero-order valence-electron chi connectivity index (χ0n) is 8.74. The second-order valence-corrected chi connectivity index (χ2v) is 4.30. The van der Waals surface area contributed by atoms with Crippen molar-refractivity contribution in [2.24, 2.45) is 5.73 Å². The predicted molar refractivity (Wildman–Crippen MR) is 54.5 cm³/mol. The van der Waals surface area contributed by atoms with Crippen LogP contribution < -0.4 is 5.73 Å². The number of nitrogens with zero attached hydrogens (tertiary/aromatic N) is 1. The minimum Gasteiger partial charge on any atom is -0.392 e. The Balaban J connectivity index is 2.39. The lowest BCUT2D eigenvalue weighted by atomic mass is 9.90. The van der Waals surface area contributed by atoms with E-state index in [9.17, 15) is 5.11 Å². The summed E-state index contributed by atoms with van der Waals surface area (Å²) in [5, 5.41) is 9.26. The van der Waals surface area contributed by atoms with Crippen LogP contribution in [0, 0.1) is 0 Å². The van der Waals surface area contributed by atoms with Crippen LogP contribution in [0.1, 0.15) is 32.6 Å². The normalized spacial score (nSPS) is 32.1. The molecule has 1 aliphatic carbocycles. The monoisotopic (exact) mass is 186 g/mol. The van der Waals surface area contributed by atoms with E-state index in [2.05, 4.69) is 11.9 Å². The minimum absolute atomic E-state index is 0.251. The molecule has 1 fully saturated rings. The summed E-state index contributed by atoms with van der Waals surface area (Å²) in [6.07, 6.45) is 4.61. The second-order valence-electron chi connectivity index (χ2n) is 4.30. The topological polar surface area (TPSA) is 49.5 Å². The summed E-state index contributed by atoms with van der Waals surface area (Å²) in [6, 6.07) is 0.779. The molecule has 0 aromatic rings. The highest BCUT2D eigenvalue weighted by Crippen LogP contribution is 2.20. The zero-order chi connectivity index (χ0) is 9.84. The van der Waals surface area contributed by atoms with Crippen LogP contribution in [0.5, 0.6) is 0 Å². The molecule has 0 spiro atoms. The number of hydrogen-bond donors (Lipinski definition) is 2. The molecule has 1 aliphatic rings. The molecule has 0 aliphatic heterocycles. The van der Waals surface area contributed by atoms with E-state index in [1.54, 1.807) is 0 Å². The van der Waals surface area contributed by atoms with Gasteiger partial charge in [-0.15, -0.1) is 0 Å². The molecule has 0 aromatic carbocycles. The van der Waals surface area contributed by atoms with E-state index in [0.717, 1.165) is 13.0 Å². The Hall–Kier alpha value is -0.120. The van der Waals surface area contributed by atoms with Gasteiger partial charge >= 0.3 is 0 Å². The summed E-state index contributed by atoms with van der Waals surface area (Å²) in [5.41, 5.74) is 6.03. The third-order valence-electron chi connectivity index (χ3n) is 2.90. The van der Waals surface area contributed by atoms with Gasteiger partial charge in [0.2, 0.25) is 0 Å². The highest BCUT2D eigenvalue weighted by Gasteiger charge is 2.25. The molecule has 3 N–H and O–H groups in total. The van der Waals surface area contributed by atoms with Gasteiger partial charge in [0.1, 0.15) is 0 Å². The number of hydrogen-bond acceptors (Lipinski definition) is 3. The SMILES string of the molecule is CC(O)CN(C)C1CCCCC1N. The van der Waals surface area contributed by atoms with Crippen molar-refractivity contribution in [3.05, 3.63) is 0 Å². The first kappa shape index (κ1) is 11.0. The number of rotatable bonds is 3. The van der Waals surface area contributed by atoms with Crippen LogP contribution in [0.15, 0.2) is 0 Å². The van der Waals surface area contributed by atoms with E-state index in [0.29, 0.717) is 12.1 Å². The molecule has 0 saturated heterocycles. The molecule has 0 aromatic heterocycles. The summed E-state index contributed by atoms with van der Waals surface area (Å²) < 4.78 is 0. The van der Waals surface area contributed by atoms with Crippen LogP contribution in [0.4, 0.5) is 0 Å². The maximum absolute atomic E-state index is 9.26. The summed E-state index contributed by atoms with van der Waals surface area (Å²) in [6.45, 7) is 2.56. The zero-order valence-corrected chi connectivity index (χ0v) is 8.74. The maximum atomic E-state index is 9.26. The lowest BCUT2D eigenvalue weighted by Crippen LogP contribution is -2.49. The van der Waals surface area contributed by atoms with E-state index < -0.39 is 0 Å². The van der Waals surface area contributed by atoms with Crippen LogP contribution in [-0.4, -0.2) is 41.8 Å². The van der Waals surface area contributed by atoms with Gasteiger partial charge in [0.25, 0.3) is 0 Å². The molecule has 0 amide bonds. The molecule has 13 heavy (non-hydrogen) atoms. The highest BCUT2D eigenvalue weighted by molar-refractivity contribution is 4.84. The number of aliphatic hydroxyl groups excluding tert-OH is 1. The van der Waals surface area contributed by atoms with Crippen LogP contribution >= 0.6 is 0 Å². The minimum atomic E-state index is -0.251. The fourth-order valence-corrected chi connectivity index (χ4v) is 2.24. The molecule has 0 heterocycles. The van der Waals surface area contributed by atoms with Gasteiger partial charge in [-0.05, 0) is 26.8 Å². The third-order valence-corrected chi connectivity index (χ3v) is 2.90. The number of likely N-dealkylation sites (N-methyl/N-ethyl adjacent to an activating group) is 1. The molecule has 3 atom stereocenters. The van der Waals surface area contributed by atoms with Crippen LogP contribution in [0.3, 0.4) is 0 Å². The van der Waals surface area contributed by atoms with Crippen molar-refractivity contribution in [3.63, 3.8) is 0 Å². The Labute approximate surface area is 80.9 Å². The Morgan fingerprint density at radius 1 is 1.46 bits per heavy atom. The van der Waals surface area contributed by atoms with Crippen molar-refractivity contribution in [2.45, 2.75) is 50.8 Å². The van der Waals surface area contributed by atoms with Crippen LogP contribution in [0.25, 0.3) is 0 Å². The molecule has 3 unspecified atom stereocenters. The molecule has 0 radical (unpaired) electrons. The average Bonchev–Trinajstić information content (AvgIpc) is 2.03. The quantitative estimate of drug-likeness (QED) is 0.677. The first-order chi connectivity index (χ1) is 6.11. The molecule has 0 bridgehead atoms. The smallest absolute Gasteiger partial charge is 0.0639 e. The standard InChI is InChI=1S/C10H22N2O/c1-8(13)7-12(2)10-6-4-3-5-9(10)11/h8-10,13H,3-7,11H2,1-2H3. The van der Waals surface area contributed by atoms with Crippen molar-refractivity contribution in [1.29, 1.82) is 0 Å². The first-order valence-electron chi connectivity index (χ1n) is 5.25. The second kappa shape index (κ2) is 4.94. The van der Waals surface area contributed by atoms with Gasteiger partial charge in [-0.1, -0.05) is 12.8 Å². The molecule has 78 valence electrons. The lowest BCUT2D eigenvalue weighted by molar-refractivity contribution is 0.0939. The summed E-state index contributed by atoms with van der Waals surface area (Å²) in [5.74, 6) is 0. The third kappa shape index (κ3) is 3.25. The van der Waals surface area contributed by atoms with Crippen LogP contribution in [-0.2, 0) is 0 Å². The van der Waals surface area contributed by atoms with Gasteiger partial charge in [0, 0.05) is 18.6 Å². The van der Waals surface area contributed by atoms with Gasteiger partial charge in [-0.25, -0.2) is 0 Å². The Bertz CT molecular complexity index is 150. The van der Waals surface area contributed by atoms with E-state index >= 15 is 0 Å². The molecular formula is C10H22N2O. The summed E-state index contributed by atoms with van der Waals surface area (Å²) in [7, 11) is 2.06. The largest absolute Gasteiger partial charge is 0.392 e. The van der Waals surface area contributed by atoms with Gasteiger partial charge in [0.05, 0.1) is 6.10 Å². The van der Waals surface area contributed by atoms with Gasteiger partial charge in [-0.2, -0.15) is 0 Å². The van der Waals surface area contributed by atoms with E-state index in [4.69, 9.17) is 5.73 Å². The van der Waals surface area contributed by atoms with Gasteiger partial charge in [-0.3, -0.25) is 4.90 Å². The van der Waals surface area contributed by atoms with Crippen LogP contribution in [0.2, 0.25) is 0 Å². The average molecular weight is 186 g/mol. The van der Waals surface area contributed by atoms with Crippen molar-refractivity contribution in [1.82, 2.24) is 4.90 Å². The van der Waals surface area contributed by atoms with Crippen molar-refractivity contribution < 1.29 is 5.11 Å². The predicted octanol–water partition coefficient (Wildman–Crippen LogP) is 0.569. The van der Waals surface area contributed by atoms with E-state index in [1.165, 1.54) is 19.3 Å². The molecule has 1 rings (SSSR count). The maximum Gasteiger partial charge on any atom is 0.0639 e. The summed E-state index contributed by atoms with van der Waals surface area (Å²) >= 11 is 0. The Morgan fingerprint density at radius 2 is 2.08 bits per heavy atom. The molecule has 3 heteroatoms. The Morgan fingerprint density at radius 3 is 2.62 bits per heavy atom. The number of nitrogens with two attached hydrogens (primary N) is 1. The van der Waals surface area contributed by atoms with Crippen molar-refractivity contribution in [2.75, 3.05) is 13.6 Å². The van der Waals surface area contributed by atoms with Crippen molar-refractivity contribution in [3.8, 4) is 0 Å². The Kier molecular flexibility index (Phi) is 4.16. The number of aliphatic hydroxyl groups is 1. The molecule has 3 nitrogen and oxygen atoms in total. The van der Waals surface area contributed by atoms with E-state index in [1.807, 2.05) is 6.92 Å². The first-order valence-corrected chi connectivity index (χ1v) is 5.25. The fraction of sp³-hybridized carbons (Fsp3) is 1.00. The van der Waals surface area contributed by atoms with Gasteiger partial charge in [0.15, 0.2) is 0 Å². The fourth-order valence-electron chi connectivity index (χ4n) is 2.24. The summed E-state index contributed by atoms with van der Waals surface area (Å²) in [4.78, 5) is 2.20. The lowest BCUT2D eigenvalue weighted by Gasteiger charge is -2.36. The molecule has 1 saturated carbocycles. The van der Waals surface area contributed by atoms with E-state index in [-0.39, 0.29) is 6.10 Å². The van der Waals surface area contributed by atoms with Crippen molar-refractivity contribution >= 4 is 0 Å². The highest BCUT2D eigenvalue weighted by atomic mass is 16.3. The molecular weight excluding hydrogens is 164 g/mol.